The van der Waals surface area contributed by atoms with Gasteiger partial charge in [-0.1, -0.05) is 13.3 Å². The molecule has 0 amide bonds. The third kappa shape index (κ3) is 2.36. The van der Waals surface area contributed by atoms with Gasteiger partial charge in [0.25, 0.3) is 5.69 Å². The van der Waals surface area contributed by atoms with Crippen molar-refractivity contribution >= 4 is 27.5 Å². The molecule has 7 nitrogen and oxygen atoms in total. The van der Waals surface area contributed by atoms with Crippen molar-refractivity contribution in [3.05, 3.63) is 34.1 Å². The third-order valence-corrected chi connectivity index (χ3v) is 4.63. The molecule has 1 N–H and O–H groups in total. The molecule has 2 aromatic heterocycles. The molecule has 0 spiro atoms. The van der Waals surface area contributed by atoms with E-state index >= 15 is 0 Å². The van der Waals surface area contributed by atoms with Crippen LogP contribution >= 0.6 is 0 Å². The molecule has 1 unspecified atom stereocenters. The van der Waals surface area contributed by atoms with E-state index in [1.165, 1.54) is 0 Å². The van der Waals surface area contributed by atoms with Gasteiger partial charge in [-0.05, 0) is 31.7 Å². The minimum Gasteiger partial charge on any atom is -0.357 e. The van der Waals surface area contributed by atoms with E-state index in [0.717, 1.165) is 60.7 Å². The predicted octanol–water partition coefficient (Wildman–Crippen LogP) is 4.08. The molecule has 0 aliphatic carbocycles. The minimum atomic E-state index is -0.348. The first kappa shape index (κ1) is 15.1. The van der Waals surface area contributed by atoms with Crippen molar-refractivity contribution in [3.8, 4) is 0 Å². The molecule has 126 valence electrons. The second-order valence-electron chi connectivity index (χ2n) is 6.32. The van der Waals surface area contributed by atoms with E-state index in [4.69, 9.17) is 4.74 Å². The maximum atomic E-state index is 11.5. The number of H-pyrrole nitrogens is 1. The van der Waals surface area contributed by atoms with Gasteiger partial charge in [-0.2, -0.15) is 0 Å². The molecule has 1 saturated heterocycles. The Labute approximate surface area is 138 Å². The molecule has 3 aromatic rings. The van der Waals surface area contributed by atoms with Crippen molar-refractivity contribution in [2.45, 2.75) is 45.3 Å². The Kier molecular flexibility index (Phi) is 3.72. The molecule has 1 atom stereocenters. The summed E-state index contributed by atoms with van der Waals surface area (Å²) in [5, 5.41) is 16.3. The van der Waals surface area contributed by atoms with Gasteiger partial charge in [0.05, 0.1) is 10.4 Å². The predicted molar refractivity (Wildman–Crippen MR) is 91.1 cm³/mol. The van der Waals surface area contributed by atoms with Crippen molar-refractivity contribution in [2.75, 3.05) is 6.61 Å². The largest absolute Gasteiger partial charge is 0.357 e. The normalized spacial score (nSPS) is 18.5. The number of nitro benzene ring substituents is 1. The van der Waals surface area contributed by atoms with Crippen LogP contribution in [0.3, 0.4) is 0 Å². The molecular weight excluding hydrogens is 308 g/mol. The van der Waals surface area contributed by atoms with E-state index in [9.17, 15) is 10.1 Å². The number of rotatable bonds is 4. The van der Waals surface area contributed by atoms with Gasteiger partial charge in [0.1, 0.15) is 6.23 Å². The van der Waals surface area contributed by atoms with Crippen molar-refractivity contribution in [1.29, 1.82) is 0 Å². The molecule has 0 radical (unpaired) electrons. The van der Waals surface area contributed by atoms with Gasteiger partial charge >= 0.3 is 0 Å². The summed E-state index contributed by atoms with van der Waals surface area (Å²) in [7, 11) is 0. The summed E-state index contributed by atoms with van der Waals surface area (Å²) in [6.07, 6.45) is 6.67. The number of hydrogen-bond donors (Lipinski definition) is 1. The van der Waals surface area contributed by atoms with Crippen molar-refractivity contribution in [1.82, 2.24) is 14.8 Å². The van der Waals surface area contributed by atoms with Gasteiger partial charge in [-0.3, -0.25) is 14.8 Å². The second-order valence-corrected chi connectivity index (χ2v) is 6.32. The van der Waals surface area contributed by atoms with Gasteiger partial charge < -0.3 is 9.84 Å². The number of aromatic amines is 1. The Balaban J connectivity index is 1.97. The fraction of sp³-hybridized carbons (Fsp3) is 0.471. The smallest absolute Gasteiger partial charge is 0.296 e. The van der Waals surface area contributed by atoms with E-state index in [-0.39, 0.29) is 16.8 Å². The monoisotopic (exact) mass is 328 g/mol. The average Bonchev–Trinajstić information content (AvgIpc) is 3.18. The number of non-ortho nitro benzene ring substituents is 1. The lowest BCUT2D eigenvalue weighted by Crippen LogP contribution is -2.19. The van der Waals surface area contributed by atoms with Crippen LogP contribution in [0, 0.1) is 10.1 Å². The fourth-order valence-electron chi connectivity index (χ4n) is 3.55. The quantitative estimate of drug-likeness (QED) is 0.577. The summed E-state index contributed by atoms with van der Waals surface area (Å²) in [4.78, 5) is 15.6. The second kappa shape index (κ2) is 5.90. The highest BCUT2D eigenvalue weighted by Crippen LogP contribution is 2.36. The standard InChI is InChI=1S/C17H20N4O3/c1-2-5-12-9-13-16(19-12)14(21(22)23)8-11-10-18-20(17(11)13)15-6-3-4-7-24-15/h8-10,15,18H,2-7H2,1H3. The summed E-state index contributed by atoms with van der Waals surface area (Å²) in [6.45, 7) is 2.82. The van der Waals surface area contributed by atoms with Crippen LogP contribution in [0.15, 0.2) is 18.3 Å². The van der Waals surface area contributed by atoms with Gasteiger partial charge in [-0.25, -0.2) is 4.98 Å². The van der Waals surface area contributed by atoms with Crippen LogP contribution in [0.25, 0.3) is 21.8 Å². The van der Waals surface area contributed by atoms with Gasteiger partial charge in [0, 0.05) is 35.3 Å². The number of nitrogens with zero attached hydrogens (tertiary/aromatic N) is 3. The number of nitrogens with one attached hydrogen (secondary N) is 1. The molecule has 24 heavy (non-hydrogen) atoms. The summed E-state index contributed by atoms with van der Waals surface area (Å²) in [6, 6.07) is 3.59. The summed E-state index contributed by atoms with van der Waals surface area (Å²) in [5.74, 6) is 0. The SMILES string of the molecule is CCCc1cc2c(n1)c([N+](=O)[O-])cc1c[nH]n(C3CCCCO3)c12. The Morgan fingerprint density at radius 2 is 2.33 bits per heavy atom. The van der Waals surface area contributed by atoms with Crippen LogP contribution in [0.2, 0.25) is 0 Å². The minimum absolute atomic E-state index is 0.0505. The van der Waals surface area contributed by atoms with Crippen LogP contribution in [0.5, 0.6) is 0 Å². The molecule has 1 aromatic carbocycles. The lowest BCUT2D eigenvalue weighted by Gasteiger charge is -2.24. The molecule has 3 heterocycles. The van der Waals surface area contributed by atoms with E-state index < -0.39 is 0 Å². The highest BCUT2D eigenvalue weighted by Gasteiger charge is 2.24. The molecule has 7 heteroatoms. The molecule has 1 fully saturated rings. The number of aromatic nitrogens is 3. The first-order valence-corrected chi connectivity index (χ1v) is 8.47. The first-order chi connectivity index (χ1) is 11.7. The molecule has 0 bridgehead atoms. The Morgan fingerprint density at radius 1 is 1.46 bits per heavy atom. The number of nitro groups is 1. The zero-order valence-corrected chi connectivity index (χ0v) is 13.6. The average molecular weight is 328 g/mol. The van der Waals surface area contributed by atoms with Crippen molar-refractivity contribution in [2.24, 2.45) is 0 Å². The lowest BCUT2D eigenvalue weighted by molar-refractivity contribution is -0.383. The van der Waals surface area contributed by atoms with Crippen LogP contribution in [0.1, 0.15) is 44.5 Å². The van der Waals surface area contributed by atoms with Crippen LogP contribution < -0.4 is 0 Å². The zero-order valence-electron chi connectivity index (χ0n) is 13.6. The van der Waals surface area contributed by atoms with Crippen LogP contribution in [-0.4, -0.2) is 26.3 Å². The number of hydrogen-bond acceptors (Lipinski definition) is 4. The van der Waals surface area contributed by atoms with Crippen LogP contribution in [-0.2, 0) is 11.2 Å². The van der Waals surface area contributed by atoms with E-state index in [2.05, 4.69) is 17.0 Å². The third-order valence-electron chi connectivity index (χ3n) is 4.63. The lowest BCUT2D eigenvalue weighted by atomic mass is 10.1. The van der Waals surface area contributed by atoms with Crippen molar-refractivity contribution < 1.29 is 9.66 Å². The Morgan fingerprint density at radius 3 is 3.04 bits per heavy atom. The topological polar surface area (TPSA) is 86.0 Å². The first-order valence-electron chi connectivity index (χ1n) is 8.47. The van der Waals surface area contributed by atoms with E-state index in [1.807, 2.05) is 16.9 Å². The number of ether oxygens (including phenoxy) is 1. The summed E-state index contributed by atoms with van der Waals surface area (Å²) < 4.78 is 7.89. The maximum absolute atomic E-state index is 11.5. The highest BCUT2D eigenvalue weighted by molar-refractivity contribution is 6.09. The Hall–Kier alpha value is -2.41. The maximum Gasteiger partial charge on any atom is 0.296 e. The number of fused-ring (bicyclic) bond motifs is 3. The highest BCUT2D eigenvalue weighted by atomic mass is 16.6. The summed E-state index contributed by atoms with van der Waals surface area (Å²) >= 11 is 0. The van der Waals surface area contributed by atoms with E-state index in [0.29, 0.717) is 5.52 Å². The van der Waals surface area contributed by atoms with Crippen molar-refractivity contribution in [3.63, 3.8) is 0 Å². The van der Waals surface area contributed by atoms with Gasteiger partial charge in [0.2, 0.25) is 0 Å². The number of benzene rings is 1. The van der Waals surface area contributed by atoms with E-state index in [1.54, 1.807) is 6.07 Å². The molecule has 1 aliphatic heterocycles. The van der Waals surface area contributed by atoms with Gasteiger partial charge in [0.15, 0.2) is 5.52 Å². The number of aryl methyl sites for hydroxylation is 1. The van der Waals surface area contributed by atoms with Crippen LogP contribution in [0.4, 0.5) is 5.69 Å². The molecular formula is C17H20N4O3. The summed E-state index contributed by atoms with van der Waals surface area (Å²) in [5.41, 5.74) is 2.38. The zero-order chi connectivity index (χ0) is 16.7. The molecule has 4 rings (SSSR count). The molecule has 1 aliphatic rings. The Bertz CT molecular complexity index is 905. The fourth-order valence-corrected chi connectivity index (χ4v) is 3.55. The van der Waals surface area contributed by atoms with Gasteiger partial charge in [-0.15, -0.1) is 0 Å². The molecule has 0 saturated carbocycles.